The number of piperazine rings is 1. The molecular formula is C50H65FN10O7S. The Morgan fingerprint density at radius 3 is 2.16 bits per heavy atom. The molecule has 17 nitrogen and oxygen atoms in total. The number of likely N-dealkylation sites (tertiary alicyclic amines) is 1. The number of carbonyl (C=O) groups excluding carboxylic acids is 5. The number of hydrogen-bond donors (Lipinski definition) is 4. The first-order valence-electron chi connectivity index (χ1n) is 24.2. The molecule has 4 saturated heterocycles. The molecule has 4 fully saturated rings. The number of unbranched alkanes of at least 4 members (excludes halogenated alkanes) is 1. The Morgan fingerprint density at radius 2 is 1.46 bits per heavy atom. The van der Waals surface area contributed by atoms with E-state index in [0.29, 0.717) is 81.9 Å². The molecule has 3 aromatic rings. The highest BCUT2D eigenvalue weighted by Crippen LogP contribution is 2.33. The number of benzene rings is 2. The normalized spacial score (nSPS) is 19.6. The molecule has 370 valence electrons. The fourth-order valence-electron chi connectivity index (χ4n) is 9.23. The summed E-state index contributed by atoms with van der Waals surface area (Å²) in [6.45, 7) is 7.50. The number of rotatable bonds is 24. The lowest BCUT2D eigenvalue weighted by molar-refractivity contribution is -0.122. The van der Waals surface area contributed by atoms with E-state index in [0.717, 1.165) is 68.6 Å². The molecule has 2 aromatic carbocycles. The predicted molar refractivity (Wildman–Crippen MR) is 259 cm³/mol. The second kappa shape index (κ2) is 26.4. The van der Waals surface area contributed by atoms with Crippen LogP contribution in [0.2, 0.25) is 0 Å². The molecule has 3 atom stereocenters. The van der Waals surface area contributed by atoms with Crippen LogP contribution in [0.4, 0.5) is 9.18 Å². The van der Waals surface area contributed by atoms with Gasteiger partial charge in [0.25, 0.3) is 11.8 Å². The van der Waals surface area contributed by atoms with Crippen LogP contribution in [-0.4, -0.2) is 169 Å². The lowest BCUT2D eigenvalue weighted by Crippen LogP contribution is -2.49. The molecule has 4 aliphatic heterocycles. The van der Waals surface area contributed by atoms with E-state index in [1.54, 1.807) is 34.1 Å². The Balaban J connectivity index is 0.795. The van der Waals surface area contributed by atoms with Crippen LogP contribution in [0.3, 0.4) is 0 Å². The lowest BCUT2D eigenvalue weighted by atomic mass is 10.0. The summed E-state index contributed by atoms with van der Waals surface area (Å²) in [4.78, 5) is 76.9. The van der Waals surface area contributed by atoms with Gasteiger partial charge in [-0.2, -0.15) is 17.0 Å². The van der Waals surface area contributed by atoms with Gasteiger partial charge in [0.1, 0.15) is 11.5 Å². The van der Waals surface area contributed by atoms with Gasteiger partial charge in [-0.25, -0.2) is 9.18 Å². The second-order valence-corrected chi connectivity index (χ2v) is 19.3. The molecule has 0 saturated carbocycles. The van der Waals surface area contributed by atoms with Gasteiger partial charge in [-0.05, 0) is 73.2 Å². The Morgan fingerprint density at radius 1 is 0.797 bits per heavy atom. The van der Waals surface area contributed by atoms with Crippen molar-refractivity contribution in [2.75, 3.05) is 91.1 Å². The number of carbonyl (C=O) groups is 5. The molecule has 19 heteroatoms. The number of hydrogen-bond acceptors (Lipinski definition) is 12. The van der Waals surface area contributed by atoms with E-state index < -0.39 is 0 Å². The van der Waals surface area contributed by atoms with Crippen molar-refractivity contribution >= 4 is 41.4 Å². The van der Waals surface area contributed by atoms with Crippen molar-refractivity contribution in [3.63, 3.8) is 0 Å². The van der Waals surface area contributed by atoms with Crippen molar-refractivity contribution in [1.82, 2.24) is 45.9 Å². The van der Waals surface area contributed by atoms with E-state index in [1.807, 2.05) is 36.0 Å². The minimum Gasteiger partial charge on any atom is -0.379 e. The summed E-state index contributed by atoms with van der Waals surface area (Å²) in [5.41, 5.74) is 3.38. The number of nitrogens with one attached hydrogen (secondary N) is 4. The maximum atomic E-state index is 14.2. The standard InChI is InChI=1S/C50H65FN10O7S/c51-40-12-9-38(10-13-40)34-59-23-25-60(26-24-59)48(64)39-11-14-42(55-32-39)49(65)61(41-15-20-58(21-16-41)33-37-7-5-36(31-52)6-8-37)22-18-53-46(63)17-27-67-29-30-68-28-19-54-45(62)4-2-1-3-44-47-43(35-69-44)56-50(66)57-47/h5-14,32,41,43-44,47H,1-4,15-30,33-35H2,(H,53,63)(H,54,62)(H2,56,57,66). The Kier molecular flexibility index (Phi) is 19.6. The molecule has 4 aliphatic rings. The Labute approximate surface area is 408 Å². The molecular weight excluding hydrogens is 904 g/mol. The van der Waals surface area contributed by atoms with E-state index in [2.05, 4.69) is 42.1 Å². The zero-order valence-corrected chi connectivity index (χ0v) is 40.1. The minimum absolute atomic E-state index is 0.00953. The molecule has 5 heterocycles. The summed E-state index contributed by atoms with van der Waals surface area (Å²) in [5, 5.41) is 21.3. The van der Waals surface area contributed by atoms with E-state index in [-0.39, 0.29) is 85.4 Å². The van der Waals surface area contributed by atoms with E-state index in [9.17, 15) is 33.6 Å². The molecule has 4 N–H and O–H groups in total. The van der Waals surface area contributed by atoms with Crippen LogP contribution < -0.4 is 21.3 Å². The second-order valence-electron chi connectivity index (χ2n) is 18.0. The maximum Gasteiger partial charge on any atom is 0.315 e. The van der Waals surface area contributed by atoms with Gasteiger partial charge in [0.2, 0.25) is 11.8 Å². The summed E-state index contributed by atoms with van der Waals surface area (Å²) >= 11 is 1.88. The third kappa shape index (κ3) is 15.7. The number of pyridine rings is 1. The van der Waals surface area contributed by atoms with Gasteiger partial charge in [0, 0.05) is 108 Å². The van der Waals surface area contributed by atoms with Gasteiger partial charge in [-0.1, -0.05) is 30.7 Å². The van der Waals surface area contributed by atoms with E-state index in [4.69, 9.17) is 9.47 Å². The van der Waals surface area contributed by atoms with Crippen molar-refractivity contribution in [1.29, 1.82) is 5.26 Å². The zero-order chi connectivity index (χ0) is 48.4. The SMILES string of the molecule is N#Cc1ccc(CN2CCC(N(CCNC(=O)CCOCCOCCNC(=O)CCCCC3SCC4NC(=O)NC43)C(=O)c3ccc(C(=O)N4CCN(Cc5ccc(F)cc5)CC4)cn3)CC2)cc1. The van der Waals surface area contributed by atoms with Gasteiger partial charge in [-0.15, -0.1) is 0 Å². The Hall–Kier alpha value is -5.65. The summed E-state index contributed by atoms with van der Waals surface area (Å²) in [6.07, 6.45) is 6.21. The van der Waals surface area contributed by atoms with Gasteiger partial charge in [-0.3, -0.25) is 34.0 Å². The number of halogens is 1. The van der Waals surface area contributed by atoms with Crippen molar-refractivity contribution < 1.29 is 37.8 Å². The number of aromatic nitrogens is 1. The summed E-state index contributed by atoms with van der Waals surface area (Å²) < 4.78 is 24.6. The molecule has 1 aromatic heterocycles. The summed E-state index contributed by atoms with van der Waals surface area (Å²) in [5.74, 6) is 0.0386. The number of urea groups is 1. The van der Waals surface area contributed by atoms with Crippen LogP contribution in [0.1, 0.15) is 82.5 Å². The largest absolute Gasteiger partial charge is 0.379 e. The summed E-state index contributed by atoms with van der Waals surface area (Å²) in [7, 11) is 0. The highest BCUT2D eigenvalue weighted by atomic mass is 32.2. The fourth-order valence-corrected chi connectivity index (χ4v) is 10.8. The zero-order valence-electron chi connectivity index (χ0n) is 39.3. The minimum atomic E-state index is -0.267. The van der Waals surface area contributed by atoms with Crippen LogP contribution >= 0.6 is 11.8 Å². The van der Waals surface area contributed by atoms with Crippen LogP contribution in [0.5, 0.6) is 0 Å². The van der Waals surface area contributed by atoms with Crippen molar-refractivity contribution in [2.24, 2.45) is 0 Å². The number of thioether (sulfide) groups is 1. The van der Waals surface area contributed by atoms with E-state index in [1.165, 1.54) is 18.3 Å². The number of fused-ring (bicyclic) bond motifs is 1. The number of nitriles is 1. The first kappa shape index (κ1) is 51.2. The van der Waals surface area contributed by atoms with Crippen molar-refractivity contribution in [2.45, 2.75) is 81.4 Å². The van der Waals surface area contributed by atoms with Gasteiger partial charge in [0.05, 0.1) is 55.7 Å². The average Bonchev–Trinajstić information content (AvgIpc) is 3.93. The highest BCUT2D eigenvalue weighted by molar-refractivity contribution is 8.00. The molecule has 3 unspecified atom stereocenters. The molecule has 0 spiro atoms. The third-order valence-electron chi connectivity index (χ3n) is 13.1. The van der Waals surface area contributed by atoms with Crippen molar-refractivity contribution in [3.8, 4) is 6.07 Å². The van der Waals surface area contributed by atoms with Crippen LogP contribution in [0, 0.1) is 17.1 Å². The molecule has 69 heavy (non-hydrogen) atoms. The van der Waals surface area contributed by atoms with Crippen LogP contribution in [0.15, 0.2) is 66.9 Å². The van der Waals surface area contributed by atoms with Crippen LogP contribution in [-0.2, 0) is 32.2 Å². The molecule has 0 radical (unpaired) electrons. The van der Waals surface area contributed by atoms with Crippen LogP contribution in [0.25, 0.3) is 0 Å². The maximum absolute atomic E-state index is 14.2. The first-order valence-corrected chi connectivity index (χ1v) is 25.3. The average molecular weight is 969 g/mol. The topological polar surface area (TPSA) is 202 Å². The smallest absolute Gasteiger partial charge is 0.315 e. The quantitative estimate of drug-likeness (QED) is 0.0754. The van der Waals surface area contributed by atoms with Gasteiger partial charge >= 0.3 is 6.03 Å². The van der Waals surface area contributed by atoms with E-state index >= 15 is 0 Å². The Bertz CT molecular complexity index is 2200. The van der Waals surface area contributed by atoms with Gasteiger partial charge < -0.3 is 40.5 Å². The number of piperidine rings is 1. The fraction of sp³-hybridized carbons (Fsp3) is 0.540. The first-order chi connectivity index (χ1) is 33.6. The number of ether oxygens (including phenoxy) is 2. The predicted octanol–water partition coefficient (Wildman–Crippen LogP) is 3.54. The molecule has 7 rings (SSSR count). The molecule has 0 bridgehead atoms. The molecule has 6 amide bonds. The number of amides is 6. The van der Waals surface area contributed by atoms with Crippen molar-refractivity contribution in [3.05, 3.63) is 101 Å². The third-order valence-corrected chi connectivity index (χ3v) is 14.6. The highest BCUT2D eigenvalue weighted by Gasteiger charge is 2.42. The van der Waals surface area contributed by atoms with Gasteiger partial charge in [0.15, 0.2) is 0 Å². The monoisotopic (exact) mass is 968 g/mol. The number of nitrogens with zero attached hydrogens (tertiary/aromatic N) is 6. The molecule has 0 aliphatic carbocycles. The lowest BCUT2D eigenvalue weighted by Gasteiger charge is -2.38. The summed E-state index contributed by atoms with van der Waals surface area (Å²) in [6, 6.07) is 19.7.